The van der Waals surface area contributed by atoms with Gasteiger partial charge in [-0.05, 0) is 31.4 Å². The van der Waals surface area contributed by atoms with Crippen molar-refractivity contribution < 1.29 is 14.5 Å². The maximum absolute atomic E-state index is 11.9. The summed E-state index contributed by atoms with van der Waals surface area (Å²) in [5, 5.41) is 5.80. The fourth-order valence-corrected chi connectivity index (χ4v) is 2.02. The number of hydrogen-bond acceptors (Lipinski definition) is 2. The third-order valence-electron chi connectivity index (χ3n) is 3.29. The van der Waals surface area contributed by atoms with Crippen molar-refractivity contribution in [1.82, 2.24) is 5.32 Å². The molecule has 0 heterocycles. The highest BCUT2D eigenvalue weighted by molar-refractivity contribution is 5.92. The van der Waals surface area contributed by atoms with E-state index >= 15 is 0 Å². The molecule has 20 heavy (non-hydrogen) atoms. The van der Waals surface area contributed by atoms with Crippen LogP contribution in [0.25, 0.3) is 0 Å². The molecule has 1 fully saturated rings. The fourth-order valence-electron chi connectivity index (χ4n) is 2.02. The molecule has 1 aromatic rings. The van der Waals surface area contributed by atoms with Crippen LogP contribution in [-0.4, -0.2) is 38.0 Å². The summed E-state index contributed by atoms with van der Waals surface area (Å²) in [6.45, 7) is 2.57. The van der Waals surface area contributed by atoms with Crippen molar-refractivity contribution in [3.63, 3.8) is 0 Å². The van der Waals surface area contributed by atoms with Gasteiger partial charge in [-0.15, -0.1) is 0 Å². The van der Waals surface area contributed by atoms with Crippen molar-refractivity contribution >= 4 is 17.5 Å². The quantitative estimate of drug-likeness (QED) is 0.669. The van der Waals surface area contributed by atoms with E-state index in [1.54, 1.807) is 0 Å². The van der Waals surface area contributed by atoms with Crippen LogP contribution in [0.15, 0.2) is 24.3 Å². The number of carbonyl (C=O) groups excluding carboxylic acids is 2. The van der Waals surface area contributed by atoms with E-state index in [-0.39, 0.29) is 18.4 Å². The van der Waals surface area contributed by atoms with Gasteiger partial charge in [0.2, 0.25) is 0 Å². The first kappa shape index (κ1) is 14.5. The van der Waals surface area contributed by atoms with Crippen LogP contribution in [0.2, 0.25) is 0 Å². The van der Waals surface area contributed by atoms with E-state index in [4.69, 9.17) is 0 Å². The monoisotopic (exact) mass is 276 g/mol. The molecule has 1 aromatic carbocycles. The number of anilines is 1. The van der Waals surface area contributed by atoms with Gasteiger partial charge in [0.1, 0.15) is 0 Å². The van der Waals surface area contributed by atoms with E-state index in [1.807, 2.05) is 38.2 Å². The first-order chi connectivity index (χ1) is 9.54. The molecule has 5 nitrogen and oxygen atoms in total. The second-order valence-corrected chi connectivity index (χ2v) is 5.52. The van der Waals surface area contributed by atoms with Gasteiger partial charge in [0.15, 0.2) is 13.1 Å². The zero-order chi connectivity index (χ0) is 14.5. The average molecular weight is 276 g/mol. The molecule has 1 atom stereocenters. The van der Waals surface area contributed by atoms with Crippen LogP contribution in [0.4, 0.5) is 5.69 Å². The first-order valence-electron chi connectivity index (χ1n) is 7.00. The number of quaternary nitrogens is 1. The lowest BCUT2D eigenvalue weighted by Crippen LogP contribution is -3.11. The zero-order valence-electron chi connectivity index (χ0n) is 12.0. The van der Waals surface area contributed by atoms with Crippen LogP contribution in [0, 0.1) is 6.92 Å². The Balaban J connectivity index is 1.75. The first-order valence-corrected chi connectivity index (χ1v) is 7.00. The Labute approximate surface area is 119 Å². The molecule has 2 amide bonds. The summed E-state index contributed by atoms with van der Waals surface area (Å²) in [5.41, 5.74) is 1.86. The van der Waals surface area contributed by atoms with E-state index in [9.17, 15) is 9.59 Å². The van der Waals surface area contributed by atoms with Crippen molar-refractivity contribution in [2.45, 2.75) is 25.8 Å². The van der Waals surface area contributed by atoms with Gasteiger partial charge in [-0.25, -0.2) is 0 Å². The van der Waals surface area contributed by atoms with Gasteiger partial charge in [0.25, 0.3) is 11.8 Å². The topological polar surface area (TPSA) is 62.6 Å². The summed E-state index contributed by atoms with van der Waals surface area (Å²) in [6, 6.07) is 8.03. The maximum Gasteiger partial charge on any atom is 0.279 e. The molecular formula is C15H22N3O2+. The lowest BCUT2D eigenvalue weighted by molar-refractivity contribution is -0.862. The van der Waals surface area contributed by atoms with E-state index in [0.717, 1.165) is 29.0 Å². The number of para-hydroxylation sites is 1. The van der Waals surface area contributed by atoms with Gasteiger partial charge < -0.3 is 15.5 Å². The molecule has 1 aliphatic rings. The Morgan fingerprint density at radius 1 is 1.20 bits per heavy atom. The van der Waals surface area contributed by atoms with Crippen molar-refractivity contribution in [3.8, 4) is 0 Å². The van der Waals surface area contributed by atoms with Crippen molar-refractivity contribution in [3.05, 3.63) is 29.8 Å². The highest BCUT2D eigenvalue weighted by atomic mass is 16.2. The largest absolute Gasteiger partial charge is 0.348 e. The normalized spacial score (nSPS) is 15.5. The Bertz CT molecular complexity index is 498. The van der Waals surface area contributed by atoms with Crippen LogP contribution in [0.5, 0.6) is 0 Å². The molecule has 0 saturated heterocycles. The summed E-state index contributed by atoms with van der Waals surface area (Å²) in [6.07, 6.45) is 2.16. The van der Waals surface area contributed by atoms with Crippen LogP contribution in [0.1, 0.15) is 18.4 Å². The second kappa shape index (κ2) is 6.52. The summed E-state index contributed by atoms with van der Waals surface area (Å²) >= 11 is 0. The molecule has 0 spiro atoms. The number of aryl methyl sites for hydroxylation is 1. The lowest BCUT2D eigenvalue weighted by Gasteiger charge is -2.14. The number of likely N-dealkylation sites (N-methyl/N-ethyl adjacent to an activating group) is 1. The number of nitrogens with one attached hydrogen (secondary N) is 3. The third-order valence-corrected chi connectivity index (χ3v) is 3.29. The van der Waals surface area contributed by atoms with Crippen molar-refractivity contribution in [1.29, 1.82) is 0 Å². The molecular weight excluding hydrogens is 254 g/mol. The van der Waals surface area contributed by atoms with Gasteiger partial charge in [-0.1, -0.05) is 18.2 Å². The van der Waals surface area contributed by atoms with Crippen LogP contribution in [0.3, 0.4) is 0 Å². The molecule has 0 aliphatic heterocycles. The second-order valence-electron chi connectivity index (χ2n) is 5.52. The zero-order valence-corrected chi connectivity index (χ0v) is 12.0. The minimum absolute atomic E-state index is 0.0219. The molecule has 1 unspecified atom stereocenters. The fraction of sp³-hybridized carbons (Fsp3) is 0.467. The minimum Gasteiger partial charge on any atom is -0.348 e. The number of amides is 2. The van der Waals surface area contributed by atoms with E-state index < -0.39 is 0 Å². The highest BCUT2D eigenvalue weighted by Crippen LogP contribution is 2.18. The summed E-state index contributed by atoms with van der Waals surface area (Å²) in [7, 11) is 1.85. The molecule has 3 N–H and O–H groups in total. The van der Waals surface area contributed by atoms with Gasteiger partial charge in [-0.2, -0.15) is 0 Å². The number of rotatable bonds is 6. The maximum atomic E-state index is 11.9. The SMILES string of the molecule is Cc1ccccc1NC(=O)C[NH+](C)CC(=O)NC1CC1. The van der Waals surface area contributed by atoms with E-state index in [1.165, 1.54) is 0 Å². The standard InChI is InChI=1S/C15H21N3O2/c1-11-5-3-4-6-13(11)17-15(20)10-18(2)9-14(19)16-12-7-8-12/h3-6,12H,7-10H2,1-2H3,(H,16,19)(H,17,20)/p+1. The lowest BCUT2D eigenvalue weighted by atomic mass is 10.2. The molecule has 0 radical (unpaired) electrons. The van der Waals surface area contributed by atoms with Crippen LogP contribution >= 0.6 is 0 Å². The van der Waals surface area contributed by atoms with Crippen molar-refractivity contribution in [2.75, 3.05) is 25.5 Å². The number of carbonyl (C=O) groups is 2. The number of benzene rings is 1. The molecule has 0 bridgehead atoms. The average Bonchev–Trinajstić information content (AvgIpc) is 3.15. The third kappa shape index (κ3) is 4.66. The Morgan fingerprint density at radius 3 is 2.50 bits per heavy atom. The molecule has 2 rings (SSSR count). The molecule has 1 saturated carbocycles. The smallest absolute Gasteiger partial charge is 0.279 e. The van der Waals surface area contributed by atoms with Crippen molar-refractivity contribution in [2.24, 2.45) is 0 Å². The van der Waals surface area contributed by atoms with Crippen LogP contribution < -0.4 is 15.5 Å². The highest BCUT2D eigenvalue weighted by Gasteiger charge is 2.24. The summed E-state index contributed by atoms with van der Waals surface area (Å²) in [5.74, 6) is -0.0512. The minimum atomic E-state index is -0.0731. The van der Waals surface area contributed by atoms with Gasteiger partial charge in [0, 0.05) is 11.7 Å². The number of hydrogen-bond donors (Lipinski definition) is 3. The van der Waals surface area contributed by atoms with Gasteiger partial charge in [-0.3, -0.25) is 9.59 Å². The molecule has 1 aliphatic carbocycles. The van der Waals surface area contributed by atoms with E-state index in [2.05, 4.69) is 10.6 Å². The molecule has 0 aromatic heterocycles. The predicted octanol–water partition coefficient (Wildman–Crippen LogP) is -0.273. The Morgan fingerprint density at radius 2 is 1.85 bits per heavy atom. The summed E-state index contributed by atoms with van der Waals surface area (Å²) in [4.78, 5) is 24.4. The molecule has 5 heteroatoms. The Hall–Kier alpha value is -1.88. The summed E-state index contributed by atoms with van der Waals surface area (Å²) < 4.78 is 0. The van der Waals surface area contributed by atoms with Crippen LogP contribution in [-0.2, 0) is 9.59 Å². The van der Waals surface area contributed by atoms with Gasteiger partial charge >= 0.3 is 0 Å². The van der Waals surface area contributed by atoms with Gasteiger partial charge in [0.05, 0.1) is 7.05 Å². The molecule has 108 valence electrons. The van der Waals surface area contributed by atoms with E-state index in [0.29, 0.717) is 12.6 Å². The predicted molar refractivity (Wildman–Crippen MR) is 77.6 cm³/mol. The Kier molecular flexibility index (Phi) is 4.74.